The molecule has 0 spiro atoms. The van der Waals surface area contributed by atoms with E-state index in [0.717, 1.165) is 16.5 Å². The fourth-order valence-electron chi connectivity index (χ4n) is 2.78. The van der Waals surface area contributed by atoms with Crippen molar-refractivity contribution >= 4 is 23.2 Å². The van der Waals surface area contributed by atoms with E-state index in [-0.39, 0.29) is 13.0 Å². The Balaban J connectivity index is 1.92. The van der Waals surface area contributed by atoms with Crippen LogP contribution in [-0.4, -0.2) is 45.3 Å². The summed E-state index contributed by atoms with van der Waals surface area (Å²) in [6.07, 6.45) is 1.97. The number of hydrogen-bond donors (Lipinski definition) is 2. The highest BCUT2D eigenvalue weighted by atomic mass is 32.1. The van der Waals surface area contributed by atoms with Gasteiger partial charge in [-0.3, -0.25) is 9.36 Å². The number of aliphatic carboxylic acids is 1. The van der Waals surface area contributed by atoms with Crippen LogP contribution in [0.25, 0.3) is 5.13 Å². The Kier molecular flexibility index (Phi) is 3.95. The van der Waals surface area contributed by atoms with Crippen LogP contribution >= 0.6 is 11.3 Å². The summed E-state index contributed by atoms with van der Waals surface area (Å²) in [7, 11) is 0. The predicted octanol–water partition coefficient (Wildman–Crippen LogP) is 1.52. The molecular weight excluding hydrogens is 318 g/mol. The normalized spacial score (nSPS) is 20.6. The number of ether oxygens (including phenoxy) is 1. The standard InChI is InChI=1S/C15H17N3O4S/c1-9-7-11(10(2)18(9)14-16-4-6-23-14)12(19)17-15(13(20)21)3-5-22-8-15/h4,6-7H,3,5,8H2,1-2H3,(H,17,19)(H,20,21). The average Bonchev–Trinajstić information content (AvgIpc) is 3.20. The maximum Gasteiger partial charge on any atom is 0.331 e. The second-order valence-corrected chi connectivity index (χ2v) is 6.45. The monoisotopic (exact) mass is 335 g/mol. The molecule has 1 fully saturated rings. The number of aromatic nitrogens is 2. The average molecular weight is 335 g/mol. The van der Waals surface area contributed by atoms with E-state index < -0.39 is 17.4 Å². The largest absolute Gasteiger partial charge is 0.479 e. The van der Waals surface area contributed by atoms with Crippen molar-refractivity contribution in [3.8, 4) is 5.13 Å². The highest BCUT2D eigenvalue weighted by molar-refractivity contribution is 7.12. The third-order valence-electron chi connectivity index (χ3n) is 4.07. The van der Waals surface area contributed by atoms with E-state index >= 15 is 0 Å². The van der Waals surface area contributed by atoms with Gasteiger partial charge in [0.2, 0.25) is 0 Å². The van der Waals surface area contributed by atoms with Crippen molar-refractivity contribution in [2.45, 2.75) is 25.8 Å². The number of carbonyl (C=O) groups is 2. The van der Waals surface area contributed by atoms with Crippen molar-refractivity contribution in [1.82, 2.24) is 14.9 Å². The second kappa shape index (κ2) is 5.78. The number of nitrogens with zero attached hydrogens (tertiary/aromatic N) is 2. The molecule has 1 amide bonds. The van der Waals surface area contributed by atoms with Crippen LogP contribution in [0, 0.1) is 13.8 Å². The minimum Gasteiger partial charge on any atom is -0.479 e. The molecule has 0 aliphatic carbocycles. The van der Waals surface area contributed by atoms with Gasteiger partial charge in [-0.15, -0.1) is 11.3 Å². The van der Waals surface area contributed by atoms with Gasteiger partial charge in [-0.25, -0.2) is 9.78 Å². The molecule has 1 aliphatic rings. The SMILES string of the molecule is Cc1cc(C(=O)NC2(C(=O)O)CCOC2)c(C)n1-c1nccs1. The summed E-state index contributed by atoms with van der Waals surface area (Å²) in [5, 5.41) is 14.7. The van der Waals surface area contributed by atoms with Gasteiger partial charge in [-0.1, -0.05) is 0 Å². The fourth-order valence-corrected chi connectivity index (χ4v) is 3.54. The number of carbonyl (C=O) groups excluding carboxylic acids is 1. The lowest BCUT2D eigenvalue weighted by atomic mass is 9.98. The number of carboxylic acids is 1. The minimum absolute atomic E-state index is 0.0146. The van der Waals surface area contributed by atoms with Crippen molar-refractivity contribution < 1.29 is 19.4 Å². The molecule has 0 aromatic carbocycles. The molecule has 122 valence electrons. The van der Waals surface area contributed by atoms with E-state index in [9.17, 15) is 14.7 Å². The fraction of sp³-hybridized carbons (Fsp3) is 0.400. The van der Waals surface area contributed by atoms with E-state index in [1.807, 2.05) is 23.8 Å². The van der Waals surface area contributed by atoms with E-state index in [0.29, 0.717) is 12.2 Å². The van der Waals surface area contributed by atoms with Crippen LogP contribution in [0.5, 0.6) is 0 Å². The van der Waals surface area contributed by atoms with Crippen LogP contribution in [0.4, 0.5) is 0 Å². The Hall–Kier alpha value is -2.19. The number of rotatable bonds is 4. The van der Waals surface area contributed by atoms with Crippen molar-refractivity contribution in [3.63, 3.8) is 0 Å². The van der Waals surface area contributed by atoms with E-state index in [4.69, 9.17) is 4.74 Å². The summed E-state index contributed by atoms with van der Waals surface area (Å²) in [6.45, 7) is 4.02. The molecule has 2 aromatic rings. The zero-order valence-electron chi connectivity index (χ0n) is 12.8. The predicted molar refractivity (Wildman–Crippen MR) is 84.2 cm³/mol. The van der Waals surface area contributed by atoms with E-state index in [2.05, 4.69) is 10.3 Å². The van der Waals surface area contributed by atoms with Gasteiger partial charge in [0.25, 0.3) is 5.91 Å². The summed E-state index contributed by atoms with van der Waals surface area (Å²) in [4.78, 5) is 28.4. The number of thiazole rings is 1. The Morgan fingerprint density at radius 1 is 1.48 bits per heavy atom. The third-order valence-corrected chi connectivity index (χ3v) is 4.83. The van der Waals surface area contributed by atoms with E-state index in [1.54, 1.807) is 12.3 Å². The number of nitrogens with one attached hydrogen (secondary N) is 1. The van der Waals surface area contributed by atoms with Crippen LogP contribution in [0.2, 0.25) is 0 Å². The minimum atomic E-state index is -1.35. The summed E-state index contributed by atoms with van der Waals surface area (Å²) in [5.41, 5.74) is 0.704. The Morgan fingerprint density at radius 3 is 2.83 bits per heavy atom. The topological polar surface area (TPSA) is 93.5 Å². The third kappa shape index (κ3) is 2.64. The van der Waals surface area contributed by atoms with Gasteiger partial charge < -0.3 is 15.2 Å². The van der Waals surface area contributed by atoms with Gasteiger partial charge in [-0.05, 0) is 19.9 Å². The van der Waals surface area contributed by atoms with Crippen molar-refractivity contribution in [1.29, 1.82) is 0 Å². The summed E-state index contributed by atoms with van der Waals surface area (Å²) in [5.74, 6) is -1.48. The van der Waals surface area contributed by atoms with Gasteiger partial charge in [0, 0.05) is 36.0 Å². The number of carboxylic acid groups (broad SMARTS) is 1. The summed E-state index contributed by atoms with van der Waals surface area (Å²) >= 11 is 1.47. The molecule has 0 saturated carbocycles. The number of amides is 1. The quantitative estimate of drug-likeness (QED) is 0.884. The molecule has 1 saturated heterocycles. The van der Waals surface area contributed by atoms with Gasteiger partial charge in [0.15, 0.2) is 10.7 Å². The molecule has 3 rings (SSSR count). The molecule has 7 nitrogen and oxygen atoms in total. The molecule has 2 N–H and O–H groups in total. The first-order valence-corrected chi connectivity index (χ1v) is 8.05. The zero-order chi connectivity index (χ0) is 16.6. The lowest BCUT2D eigenvalue weighted by Crippen LogP contribution is -2.55. The van der Waals surface area contributed by atoms with Crippen molar-refractivity contribution in [3.05, 3.63) is 34.6 Å². The molecule has 23 heavy (non-hydrogen) atoms. The molecule has 2 aromatic heterocycles. The zero-order valence-corrected chi connectivity index (χ0v) is 13.6. The van der Waals surface area contributed by atoms with Crippen LogP contribution in [0.1, 0.15) is 28.2 Å². The second-order valence-electron chi connectivity index (χ2n) is 5.58. The molecule has 1 aliphatic heterocycles. The van der Waals surface area contributed by atoms with Crippen molar-refractivity contribution in [2.24, 2.45) is 0 Å². The Morgan fingerprint density at radius 2 is 2.26 bits per heavy atom. The molecule has 1 atom stereocenters. The lowest BCUT2D eigenvalue weighted by Gasteiger charge is -2.23. The first-order valence-electron chi connectivity index (χ1n) is 7.17. The van der Waals surface area contributed by atoms with Crippen LogP contribution in [0.3, 0.4) is 0 Å². The number of hydrogen-bond acceptors (Lipinski definition) is 5. The van der Waals surface area contributed by atoms with Crippen LogP contribution in [-0.2, 0) is 9.53 Å². The maximum atomic E-state index is 12.6. The number of aryl methyl sites for hydroxylation is 1. The van der Waals surface area contributed by atoms with Crippen LogP contribution < -0.4 is 5.32 Å². The Bertz CT molecular complexity index is 745. The van der Waals surface area contributed by atoms with Gasteiger partial charge in [0.1, 0.15) is 0 Å². The highest BCUT2D eigenvalue weighted by Crippen LogP contribution is 2.24. The first-order chi connectivity index (χ1) is 10.9. The van der Waals surface area contributed by atoms with Gasteiger partial charge >= 0.3 is 5.97 Å². The summed E-state index contributed by atoms with van der Waals surface area (Å²) in [6, 6.07) is 1.75. The molecule has 3 heterocycles. The lowest BCUT2D eigenvalue weighted by molar-refractivity contribution is -0.144. The maximum absolute atomic E-state index is 12.6. The molecule has 8 heteroatoms. The van der Waals surface area contributed by atoms with Crippen molar-refractivity contribution in [2.75, 3.05) is 13.2 Å². The van der Waals surface area contributed by atoms with Gasteiger partial charge in [0.05, 0.1) is 12.2 Å². The molecular formula is C15H17N3O4S. The van der Waals surface area contributed by atoms with Crippen LogP contribution in [0.15, 0.2) is 17.6 Å². The molecule has 0 radical (unpaired) electrons. The van der Waals surface area contributed by atoms with E-state index in [1.165, 1.54) is 11.3 Å². The van der Waals surface area contributed by atoms with Gasteiger partial charge in [-0.2, -0.15) is 0 Å². The summed E-state index contributed by atoms with van der Waals surface area (Å²) < 4.78 is 7.05. The molecule has 0 bridgehead atoms. The highest BCUT2D eigenvalue weighted by Gasteiger charge is 2.44. The first kappa shape index (κ1) is 15.7. The Labute approximate surface area is 136 Å². The smallest absolute Gasteiger partial charge is 0.331 e. The molecule has 1 unspecified atom stereocenters.